The topological polar surface area (TPSA) is 71.4 Å². The van der Waals surface area contributed by atoms with Crippen molar-refractivity contribution < 1.29 is 13.2 Å². The van der Waals surface area contributed by atoms with Crippen LogP contribution in [0, 0.1) is 26.7 Å². The van der Waals surface area contributed by atoms with Gasteiger partial charge in [0.15, 0.2) is 0 Å². The van der Waals surface area contributed by atoms with Crippen molar-refractivity contribution in [3.8, 4) is 0 Å². The number of carbonyl (C=O) groups excluding carboxylic acids is 1. The Labute approximate surface area is 167 Å². The molecule has 3 rings (SSSR count). The second-order valence-electron chi connectivity index (χ2n) is 7.92. The van der Waals surface area contributed by atoms with Crippen LogP contribution in [0.2, 0.25) is 0 Å². The second-order valence-corrected chi connectivity index (χ2v) is 9.57. The van der Waals surface area contributed by atoms with Gasteiger partial charge in [-0.2, -0.15) is 0 Å². The van der Waals surface area contributed by atoms with E-state index in [0.717, 1.165) is 24.0 Å². The molecule has 7 heteroatoms. The smallest absolute Gasteiger partial charge is 0.270 e. The Kier molecular flexibility index (Phi) is 5.57. The third-order valence-corrected chi connectivity index (χ3v) is 7.32. The number of aromatic nitrogens is 1. The van der Waals surface area contributed by atoms with E-state index < -0.39 is 10.0 Å². The summed E-state index contributed by atoms with van der Waals surface area (Å²) in [6.45, 7) is 9.27. The van der Waals surface area contributed by atoms with E-state index in [1.165, 1.54) is 6.07 Å². The number of hydrogen-bond donors (Lipinski definition) is 1. The lowest BCUT2D eigenvalue weighted by molar-refractivity contribution is 0.0687. The average Bonchev–Trinajstić information content (AvgIpc) is 2.94. The number of aryl methyl sites for hydroxylation is 2. The van der Waals surface area contributed by atoms with E-state index in [0.29, 0.717) is 36.1 Å². The van der Waals surface area contributed by atoms with E-state index in [1.54, 1.807) is 24.6 Å². The molecule has 1 aliphatic rings. The van der Waals surface area contributed by atoms with Gasteiger partial charge in [-0.1, -0.05) is 13.0 Å². The Hall–Kier alpha value is -2.28. The molecule has 6 nitrogen and oxygen atoms in total. The number of benzene rings is 1. The lowest BCUT2D eigenvalue weighted by Crippen LogP contribution is -2.38. The maximum atomic E-state index is 13.0. The van der Waals surface area contributed by atoms with Gasteiger partial charge in [-0.25, -0.2) is 8.42 Å². The normalized spacial score (nSPS) is 15.7. The van der Waals surface area contributed by atoms with Gasteiger partial charge in [-0.15, -0.1) is 0 Å². The molecule has 1 amide bonds. The summed E-state index contributed by atoms with van der Waals surface area (Å²) in [5, 5.41) is 0. The third-order valence-electron chi connectivity index (χ3n) is 5.83. The number of amides is 1. The average molecular weight is 404 g/mol. The Balaban J connectivity index is 1.89. The highest BCUT2D eigenvalue weighted by Gasteiger charge is 2.28. The predicted octanol–water partition coefficient (Wildman–Crippen LogP) is 3.62. The number of nitrogens with one attached hydrogen (secondary N) is 1. The summed E-state index contributed by atoms with van der Waals surface area (Å²) in [7, 11) is -2.05. The summed E-state index contributed by atoms with van der Waals surface area (Å²) < 4.78 is 30.3. The molecule has 0 unspecified atom stereocenters. The minimum Gasteiger partial charge on any atom is -0.343 e. The Morgan fingerprint density at radius 3 is 2.32 bits per heavy atom. The molecule has 0 atom stereocenters. The summed E-state index contributed by atoms with van der Waals surface area (Å²) >= 11 is 0. The number of carbonyl (C=O) groups is 1. The van der Waals surface area contributed by atoms with E-state index >= 15 is 0 Å². The van der Waals surface area contributed by atoms with Crippen molar-refractivity contribution in [3.05, 3.63) is 46.8 Å². The molecule has 0 bridgehead atoms. The van der Waals surface area contributed by atoms with Crippen molar-refractivity contribution in [2.45, 2.75) is 45.4 Å². The van der Waals surface area contributed by atoms with Gasteiger partial charge in [0.05, 0.1) is 0 Å². The van der Waals surface area contributed by atoms with Crippen molar-refractivity contribution in [1.82, 2.24) is 9.47 Å². The zero-order valence-electron chi connectivity index (χ0n) is 17.2. The van der Waals surface area contributed by atoms with E-state index in [-0.39, 0.29) is 10.8 Å². The van der Waals surface area contributed by atoms with Crippen molar-refractivity contribution in [2.75, 3.05) is 17.8 Å². The molecule has 28 heavy (non-hydrogen) atoms. The van der Waals surface area contributed by atoms with Gasteiger partial charge in [-0.05, 0) is 68.9 Å². The van der Waals surface area contributed by atoms with Crippen molar-refractivity contribution in [2.24, 2.45) is 13.0 Å². The Bertz CT molecular complexity index is 1000. The molecule has 1 aromatic carbocycles. The van der Waals surface area contributed by atoms with E-state index in [9.17, 15) is 13.2 Å². The number of hydrogen-bond acceptors (Lipinski definition) is 3. The van der Waals surface area contributed by atoms with Gasteiger partial charge < -0.3 is 9.47 Å². The summed E-state index contributed by atoms with van der Waals surface area (Å²) in [6, 6.07) is 6.95. The van der Waals surface area contributed by atoms with Crippen molar-refractivity contribution in [3.63, 3.8) is 0 Å². The maximum Gasteiger partial charge on any atom is 0.270 e. The molecule has 152 valence electrons. The highest BCUT2D eigenvalue weighted by atomic mass is 32.2. The fourth-order valence-corrected chi connectivity index (χ4v) is 4.88. The molecule has 0 saturated carbocycles. The van der Waals surface area contributed by atoms with Crippen LogP contribution in [0.15, 0.2) is 29.2 Å². The fraction of sp³-hybridized carbons (Fsp3) is 0.476. The predicted molar refractivity (Wildman–Crippen MR) is 111 cm³/mol. The van der Waals surface area contributed by atoms with Crippen LogP contribution in [0.1, 0.15) is 47.1 Å². The summed E-state index contributed by atoms with van der Waals surface area (Å²) in [6.07, 6.45) is 1.96. The summed E-state index contributed by atoms with van der Waals surface area (Å²) in [5.41, 5.74) is 3.59. The maximum absolute atomic E-state index is 13.0. The van der Waals surface area contributed by atoms with Gasteiger partial charge >= 0.3 is 0 Å². The number of likely N-dealkylation sites (tertiary alicyclic amines) is 1. The first-order valence-corrected chi connectivity index (χ1v) is 11.1. The molecule has 0 radical (unpaired) electrons. The zero-order chi connectivity index (χ0) is 20.6. The highest BCUT2D eigenvalue weighted by Crippen LogP contribution is 2.25. The molecule has 1 fully saturated rings. The van der Waals surface area contributed by atoms with E-state index in [2.05, 4.69) is 11.6 Å². The molecular weight excluding hydrogens is 374 g/mol. The van der Waals surface area contributed by atoms with Crippen LogP contribution in [0.3, 0.4) is 0 Å². The van der Waals surface area contributed by atoms with Crippen molar-refractivity contribution in [1.29, 1.82) is 0 Å². The van der Waals surface area contributed by atoms with Crippen LogP contribution in [0.25, 0.3) is 0 Å². The number of anilines is 1. The molecule has 2 aromatic rings. The van der Waals surface area contributed by atoms with Crippen LogP contribution >= 0.6 is 0 Å². The number of sulfonamides is 1. The standard InChI is InChI=1S/C21H29N3O3S/c1-14-8-10-24(11-9-14)21(25)19-13-20(17(4)23(19)5)28(26,27)22-18-7-6-15(2)16(3)12-18/h6-7,12-14,22H,8-11H2,1-5H3. The van der Waals surface area contributed by atoms with Crippen LogP contribution in [-0.2, 0) is 17.1 Å². The minimum atomic E-state index is -3.79. The fourth-order valence-electron chi connectivity index (χ4n) is 3.54. The number of nitrogens with zero attached hydrogens (tertiary/aromatic N) is 2. The summed E-state index contributed by atoms with van der Waals surface area (Å²) in [4.78, 5) is 14.9. The van der Waals surface area contributed by atoms with Gasteiger partial charge in [0.2, 0.25) is 0 Å². The lowest BCUT2D eigenvalue weighted by Gasteiger charge is -2.30. The first kappa shape index (κ1) is 20.5. The molecule has 1 N–H and O–H groups in total. The van der Waals surface area contributed by atoms with Gasteiger partial charge in [-0.3, -0.25) is 9.52 Å². The number of rotatable bonds is 4. The van der Waals surface area contributed by atoms with Crippen LogP contribution in [-0.4, -0.2) is 36.9 Å². The second kappa shape index (κ2) is 7.62. The van der Waals surface area contributed by atoms with Gasteiger partial charge in [0, 0.05) is 31.5 Å². The molecule has 1 aliphatic heterocycles. The molecule has 1 saturated heterocycles. The first-order chi connectivity index (χ1) is 13.1. The molecular formula is C21H29N3O3S. The van der Waals surface area contributed by atoms with E-state index in [4.69, 9.17) is 0 Å². The van der Waals surface area contributed by atoms with Gasteiger partial charge in [0.1, 0.15) is 10.6 Å². The number of piperidine rings is 1. The SMILES string of the molecule is Cc1ccc(NS(=O)(=O)c2cc(C(=O)N3CCC(C)CC3)n(C)c2C)cc1C. The molecule has 0 aliphatic carbocycles. The first-order valence-electron chi connectivity index (χ1n) is 9.66. The summed E-state index contributed by atoms with van der Waals surface area (Å²) in [5.74, 6) is 0.516. The molecule has 2 heterocycles. The largest absolute Gasteiger partial charge is 0.343 e. The van der Waals surface area contributed by atoms with Crippen LogP contribution < -0.4 is 4.72 Å². The highest BCUT2D eigenvalue weighted by molar-refractivity contribution is 7.92. The minimum absolute atomic E-state index is 0.106. The molecule has 0 spiro atoms. The van der Waals surface area contributed by atoms with Crippen LogP contribution in [0.4, 0.5) is 5.69 Å². The van der Waals surface area contributed by atoms with Gasteiger partial charge in [0.25, 0.3) is 15.9 Å². The Morgan fingerprint density at radius 2 is 1.71 bits per heavy atom. The van der Waals surface area contributed by atoms with Crippen molar-refractivity contribution >= 4 is 21.6 Å². The van der Waals surface area contributed by atoms with Crippen LogP contribution in [0.5, 0.6) is 0 Å². The zero-order valence-corrected chi connectivity index (χ0v) is 18.1. The lowest BCUT2D eigenvalue weighted by atomic mass is 9.99. The Morgan fingerprint density at radius 1 is 1.07 bits per heavy atom. The monoisotopic (exact) mass is 403 g/mol. The van der Waals surface area contributed by atoms with E-state index in [1.807, 2.05) is 30.9 Å². The molecule has 1 aromatic heterocycles. The quantitative estimate of drug-likeness (QED) is 0.847. The third kappa shape index (κ3) is 3.94.